The molecule has 21 heavy (non-hydrogen) atoms. The number of hydrogen-bond acceptors (Lipinski definition) is 2. The van der Waals surface area contributed by atoms with Gasteiger partial charge >= 0.3 is 6.03 Å². The van der Waals surface area contributed by atoms with Crippen LogP contribution in [0.1, 0.15) is 5.56 Å². The minimum absolute atomic E-state index is 0.121. The number of nitrogens with one attached hydrogen (secondary N) is 1. The highest BCUT2D eigenvalue weighted by Gasteiger charge is 2.13. The third-order valence-electron chi connectivity index (χ3n) is 2.84. The van der Waals surface area contributed by atoms with Gasteiger partial charge in [0.25, 0.3) is 0 Å². The first-order chi connectivity index (χ1) is 10.0. The number of carbonyl (C=O) groups is 1. The van der Waals surface area contributed by atoms with E-state index in [0.29, 0.717) is 17.3 Å². The van der Waals surface area contributed by atoms with Gasteiger partial charge in [0.2, 0.25) is 0 Å². The number of carbonyl (C=O) groups excluding carboxylic acids is 1. The van der Waals surface area contributed by atoms with Gasteiger partial charge in [0.05, 0.1) is 17.3 Å². The van der Waals surface area contributed by atoms with Gasteiger partial charge in [0.1, 0.15) is 11.6 Å². The molecule has 0 saturated carbocycles. The lowest BCUT2D eigenvalue weighted by Crippen LogP contribution is -2.31. The van der Waals surface area contributed by atoms with Gasteiger partial charge in [-0.2, -0.15) is 5.26 Å². The fourth-order valence-corrected chi connectivity index (χ4v) is 1.69. The second kappa shape index (κ2) is 6.01. The van der Waals surface area contributed by atoms with Gasteiger partial charge in [-0.05, 0) is 30.3 Å². The number of rotatable bonds is 2. The summed E-state index contributed by atoms with van der Waals surface area (Å²) in [5.74, 6) is -1.58. The summed E-state index contributed by atoms with van der Waals surface area (Å²) in [4.78, 5) is 13.2. The molecule has 1 N–H and O–H groups in total. The molecule has 0 aromatic heterocycles. The molecule has 106 valence electrons. The summed E-state index contributed by atoms with van der Waals surface area (Å²) in [6, 6.07) is 10.7. The van der Waals surface area contributed by atoms with Crippen LogP contribution in [0.15, 0.2) is 42.5 Å². The number of anilines is 2. The van der Waals surface area contributed by atoms with Crippen LogP contribution in [-0.2, 0) is 0 Å². The van der Waals surface area contributed by atoms with Crippen LogP contribution in [0.25, 0.3) is 0 Å². The van der Waals surface area contributed by atoms with Crippen molar-refractivity contribution in [1.82, 2.24) is 0 Å². The third-order valence-corrected chi connectivity index (χ3v) is 2.84. The maximum absolute atomic E-state index is 13.5. The zero-order valence-electron chi connectivity index (χ0n) is 11.1. The van der Waals surface area contributed by atoms with Crippen LogP contribution < -0.4 is 10.2 Å². The number of urea groups is 1. The molecule has 0 fully saturated rings. The number of amides is 2. The fraction of sp³-hybridized carbons (Fsp3) is 0.0667. The number of benzene rings is 2. The van der Waals surface area contributed by atoms with Crippen LogP contribution in [0.4, 0.5) is 25.0 Å². The van der Waals surface area contributed by atoms with Crippen LogP contribution >= 0.6 is 0 Å². The van der Waals surface area contributed by atoms with E-state index in [1.807, 2.05) is 6.07 Å². The Morgan fingerprint density at radius 2 is 2.00 bits per heavy atom. The molecule has 2 rings (SSSR count). The molecular formula is C15H11F2N3O. The molecule has 4 nitrogen and oxygen atoms in total. The Bertz CT molecular complexity index is 725. The topological polar surface area (TPSA) is 56.1 Å². The van der Waals surface area contributed by atoms with Crippen molar-refractivity contribution in [3.63, 3.8) is 0 Å². The second-order valence-electron chi connectivity index (χ2n) is 4.28. The number of nitrogens with zero attached hydrogens (tertiary/aromatic N) is 2. The van der Waals surface area contributed by atoms with Gasteiger partial charge in [-0.1, -0.05) is 6.07 Å². The summed E-state index contributed by atoms with van der Waals surface area (Å²) in [7, 11) is 1.48. The minimum Gasteiger partial charge on any atom is -0.305 e. The lowest BCUT2D eigenvalue weighted by molar-refractivity contribution is 0.258. The van der Waals surface area contributed by atoms with E-state index in [1.54, 1.807) is 18.2 Å². The zero-order chi connectivity index (χ0) is 15.4. The molecule has 0 aliphatic carbocycles. The lowest BCUT2D eigenvalue weighted by Gasteiger charge is -2.18. The summed E-state index contributed by atoms with van der Waals surface area (Å²) in [5.41, 5.74) is 0.763. The van der Waals surface area contributed by atoms with Gasteiger partial charge < -0.3 is 5.32 Å². The zero-order valence-corrected chi connectivity index (χ0v) is 11.1. The molecular weight excluding hydrogens is 276 g/mol. The highest BCUT2D eigenvalue weighted by Crippen LogP contribution is 2.18. The average Bonchev–Trinajstić information content (AvgIpc) is 2.49. The van der Waals surface area contributed by atoms with E-state index in [4.69, 9.17) is 5.26 Å². The first-order valence-electron chi connectivity index (χ1n) is 6.01. The SMILES string of the molecule is CN(C(=O)Nc1ccc(F)cc1F)c1cccc(C#N)c1. The Balaban J connectivity index is 2.17. The molecule has 0 unspecified atom stereocenters. The molecule has 0 heterocycles. The first-order valence-corrected chi connectivity index (χ1v) is 6.01. The summed E-state index contributed by atoms with van der Waals surface area (Å²) >= 11 is 0. The fourth-order valence-electron chi connectivity index (χ4n) is 1.69. The minimum atomic E-state index is -0.859. The van der Waals surface area contributed by atoms with E-state index in [2.05, 4.69) is 5.32 Å². The molecule has 2 amide bonds. The van der Waals surface area contributed by atoms with E-state index in [-0.39, 0.29) is 5.69 Å². The van der Waals surface area contributed by atoms with Crippen molar-refractivity contribution in [3.05, 3.63) is 59.7 Å². The van der Waals surface area contributed by atoms with Crippen molar-refractivity contribution in [1.29, 1.82) is 5.26 Å². The van der Waals surface area contributed by atoms with Crippen molar-refractivity contribution in [2.45, 2.75) is 0 Å². The van der Waals surface area contributed by atoms with Gasteiger partial charge in [-0.3, -0.25) is 4.90 Å². The maximum Gasteiger partial charge on any atom is 0.326 e. The van der Waals surface area contributed by atoms with E-state index >= 15 is 0 Å². The van der Waals surface area contributed by atoms with E-state index < -0.39 is 17.7 Å². The molecule has 0 spiro atoms. The highest BCUT2D eigenvalue weighted by atomic mass is 19.1. The van der Waals surface area contributed by atoms with Crippen molar-refractivity contribution < 1.29 is 13.6 Å². The number of nitriles is 1. The van der Waals surface area contributed by atoms with Crippen LogP contribution in [-0.4, -0.2) is 13.1 Å². The first kappa shape index (κ1) is 14.5. The standard InChI is InChI=1S/C15H11F2N3O/c1-20(12-4-2-3-10(7-12)9-18)15(21)19-14-6-5-11(16)8-13(14)17/h2-8H,1H3,(H,19,21). The highest BCUT2D eigenvalue weighted by molar-refractivity contribution is 6.01. The molecule has 0 aliphatic heterocycles. The molecule has 0 radical (unpaired) electrons. The van der Waals surface area contributed by atoms with Crippen molar-refractivity contribution >= 4 is 17.4 Å². The summed E-state index contributed by atoms with van der Waals surface area (Å²) in [6.07, 6.45) is 0. The Labute approximate surface area is 120 Å². The van der Waals surface area contributed by atoms with Crippen LogP contribution in [0.3, 0.4) is 0 Å². The molecule has 2 aromatic carbocycles. The van der Waals surface area contributed by atoms with Gasteiger partial charge in [-0.25, -0.2) is 13.6 Å². The predicted octanol–water partition coefficient (Wildman–Crippen LogP) is 3.50. The van der Waals surface area contributed by atoms with Crippen LogP contribution in [0.5, 0.6) is 0 Å². The average molecular weight is 287 g/mol. The maximum atomic E-state index is 13.5. The van der Waals surface area contributed by atoms with E-state index in [1.165, 1.54) is 18.0 Å². The quantitative estimate of drug-likeness (QED) is 0.919. The predicted molar refractivity (Wildman–Crippen MR) is 74.9 cm³/mol. The number of hydrogen-bond donors (Lipinski definition) is 1. The normalized spacial score (nSPS) is 9.81. The largest absolute Gasteiger partial charge is 0.326 e. The van der Waals surface area contributed by atoms with Crippen molar-refractivity contribution in [3.8, 4) is 6.07 Å². The van der Waals surface area contributed by atoms with E-state index in [0.717, 1.165) is 12.1 Å². The molecule has 0 bridgehead atoms. The van der Waals surface area contributed by atoms with Crippen molar-refractivity contribution in [2.75, 3.05) is 17.3 Å². The van der Waals surface area contributed by atoms with Crippen LogP contribution in [0, 0.1) is 23.0 Å². The third kappa shape index (κ3) is 3.34. The van der Waals surface area contributed by atoms with Gasteiger partial charge in [-0.15, -0.1) is 0 Å². The second-order valence-corrected chi connectivity index (χ2v) is 4.28. The lowest BCUT2D eigenvalue weighted by atomic mass is 10.2. The Morgan fingerprint density at radius 3 is 2.67 bits per heavy atom. The molecule has 0 aliphatic rings. The molecule has 0 atom stereocenters. The monoisotopic (exact) mass is 287 g/mol. The Hall–Kier alpha value is -2.94. The summed E-state index contributed by atoms with van der Waals surface area (Å²) in [5, 5.41) is 11.2. The Kier molecular flexibility index (Phi) is 4.14. The smallest absolute Gasteiger partial charge is 0.305 e. The van der Waals surface area contributed by atoms with Gasteiger partial charge in [0.15, 0.2) is 0 Å². The van der Waals surface area contributed by atoms with E-state index in [9.17, 15) is 13.6 Å². The van der Waals surface area contributed by atoms with Crippen molar-refractivity contribution in [2.24, 2.45) is 0 Å². The number of halogens is 2. The molecule has 2 aromatic rings. The van der Waals surface area contributed by atoms with Crippen LogP contribution in [0.2, 0.25) is 0 Å². The molecule has 6 heteroatoms. The Morgan fingerprint density at radius 1 is 1.24 bits per heavy atom. The summed E-state index contributed by atoms with van der Waals surface area (Å²) in [6.45, 7) is 0. The van der Waals surface area contributed by atoms with Gasteiger partial charge in [0, 0.05) is 18.8 Å². The molecule has 0 saturated heterocycles. The summed E-state index contributed by atoms with van der Waals surface area (Å²) < 4.78 is 26.3.